The minimum atomic E-state index is 0.503. The Labute approximate surface area is 110 Å². The number of imidazole rings is 1. The van der Waals surface area contributed by atoms with Gasteiger partial charge in [-0.05, 0) is 38.1 Å². The van der Waals surface area contributed by atoms with E-state index in [1.54, 1.807) is 0 Å². The molecule has 90 valence electrons. The summed E-state index contributed by atoms with van der Waals surface area (Å²) in [6.45, 7) is 5.52. The van der Waals surface area contributed by atoms with Crippen LogP contribution < -0.4 is 4.74 Å². The van der Waals surface area contributed by atoms with Crippen molar-refractivity contribution in [3.8, 4) is 5.75 Å². The first-order valence-corrected chi connectivity index (χ1v) is 6.39. The third kappa shape index (κ3) is 3.09. The molecule has 3 nitrogen and oxygen atoms in total. The highest BCUT2D eigenvalue weighted by molar-refractivity contribution is 9.10. The summed E-state index contributed by atoms with van der Waals surface area (Å²) >= 11 is 3.40. The van der Waals surface area contributed by atoms with Crippen LogP contribution in [0, 0.1) is 6.92 Å². The maximum Gasteiger partial charge on any atom is 0.147 e. The minimum Gasteiger partial charge on any atom is -0.486 e. The van der Waals surface area contributed by atoms with Crippen molar-refractivity contribution in [2.45, 2.75) is 27.0 Å². The molecule has 2 aromatic rings. The van der Waals surface area contributed by atoms with Crippen molar-refractivity contribution in [3.63, 3.8) is 0 Å². The lowest BCUT2D eigenvalue weighted by Gasteiger charge is -2.07. The van der Waals surface area contributed by atoms with Gasteiger partial charge < -0.3 is 9.30 Å². The molecule has 2 rings (SSSR count). The summed E-state index contributed by atoms with van der Waals surface area (Å²) in [4.78, 5) is 4.44. The molecule has 0 bridgehead atoms. The van der Waals surface area contributed by atoms with Crippen molar-refractivity contribution < 1.29 is 4.74 Å². The van der Waals surface area contributed by atoms with Crippen LogP contribution in [0.15, 0.2) is 34.9 Å². The van der Waals surface area contributed by atoms with Crippen LogP contribution in [0.5, 0.6) is 5.75 Å². The second-order valence-corrected chi connectivity index (χ2v) is 4.74. The van der Waals surface area contributed by atoms with Gasteiger partial charge in [0.25, 0.3) is 0 Å². The molecule has 4 heteroatoms. The van der Waals surface area contributed by atoms with Gasteiger partial charge in [0.2, 0.25) is 0 Å². The summed E-state index contributed by atoms with van der Waals surface area (Å²) in [7, 11) is 0. The van der Waals surface area contributed by atoms with Crippen molar-refractivity contribution in [2.75, 3.05) is 0 Å². The fourth-order valence-corrected chi connectivity index (χ4v) is 1.93. The molecule has 0 amide bonds. The Hall–Kier alpha value is -1.29. The fraction of sp³-hybridized carbons (Fsp3) is 0.308. The Morgan fingerprint density at radius 1 is 1.29 bits per heavy atom. The lowest BCUT2D eigenvalue weighted by molar-refractivity contribution is 0.290. The zero-order chi connectivity index (χ0) is 12.3. The number of hydrogen-bond donors (Lipinski definition) is 0. The maximum absolute atomic E-state index is 5.70. The Morgan fingerprint density at radius 3 is 2.65 bits per heavy atom. The first-order chi connectivity index (χ1) is 8.19. The molecular weight excluding hydrogens is 280 g/mol. The predicted octanol–water partition coefficient (Wildman–Crippen LogP) is 3.55. The van der Waals surface area contributed by atoms with E-state index in [2.05, 4.69) is 32.4 Å². The van der Waals surface area contributed by atoms with Crippen molar-refractivity contribution >= 4 is 15.9 Å². The number of benzene rings is 1. The molecule has 1 aromatic heterocycles. The average Bonchev–Trinajstić information content (AvgIpc) is 2.69. The molecule has 1 aromatic carbocycles. The number of rotatable bonds is 4. The van der Waals surface area contributed by atoms with Crippen LogP contribution in [0.3, 0.4) is 0 Å². The average molecular weight is 295 g/mol. The van der Waals surface area contributed by atoms with E-state index >= 15 is 0 Å². The fourth-order valence-electron chi connectivity index (χ4n) is 1.66. The van der Waals surface area contributed by atoms with Crippen LogP contribution in [0.25, 0.3) is 0 Å². The van der Waals surface area contributed by atoms with Gasteiger partial charge in [0.1, 0.15) is 18.2 Å². The highest BCUT2D eigenvalue weighted by Gasteiger charge is 2.04. The van der Waals surface area contributed by atoms with Crippen LogP contribution in [0.4, 0.5) is 0 Å². The van der Waals surface area contributed by atoms with Gasteiger partial charge in [0, 0.05) is 17.2 Å². The van der Waals surface area contributed by atoms with E-state index in [4.69, 9.17) is 4.74 Å². The lowest BCUT2D eigenvalue weighted by atomic mass is 10.3. The quantitative estimate of drug-likeness (QED) is 0.862. The van der Waals surface area contributed by atoms with Gasteiger partial charge in [-0.2, -0.15) is 0 Å². The van der Waals surface area contributed by atoms with Crippen LogP contribution in [-0.4, -0.2) is 9.55 Å². The third-order valence-electron chi connectivity index (χ3n) is 2.50. The van der Waals surface area contributed by atoms with Gasteiger partial charge in [-0.25, -0.2) is 4.98 Å². The molecule has 0 fully saturated rings. The first kappa shape index (κ1) is 12.2. The monoisotopic (exact) mass is 294 g/mol. The number of halogens is 1. The number of ether oxygens (including phenoxy) is 1. The summed E-state index contributed by atoms with van der Waals surface area (Å²) in [5, 5.41) is 0. The summed E-state index contributed by atoms with van der Waals surface area (Å²) in [5.74, 6) is 1.82. The molecule has 0 spiro atoms. The minimum absolute atomic E-state index is 0.503. The molecule has 0 atom stereocenters. The molecule has 0 aliphatic carbocycles. The van der Waals surface area contributed by atoms with E-state index in [0.29, 0.717) is 6.61 Å². The number of nitrogens with zero attached hydrogens (tertiary/aromatic N) is 2. The van der Waals surface area contributed by atoms with Gasteiger partial charge in [0.05, 0.1) is 5.69 Å². The van der Waals surface area contributed by atoms with E-state index in [9.17, 15) is 0 Å². The molecule has 0 aliphatic rings. The van der Waals surface area contributed by atoms with Crippen LogP contribution in [-0.2, 0) is 13.2 Å². The van der Waals surface area contributed by atoms with Crippen molar-refractivity contribution in [2.24, 2.45) is 0 Å². The van der Waals surface area contributed by atoms with Gasteiger partial charge in [0.15, 0.2) is 0 Å². The Bertz CT molecular complexity index is 491. The summed E-state index contributed by atoms with van der Waals surface area (Å²) < 4.78 is 8.86. The van der Waals surface area contributed by atoms with Crippen molar-refractivity contribution in [1.29, 1.82) is 0 Å². The first-order valence-electron chi connectivity index (χ1n) is 5.60. The second-order valence-electron chi connectivity index (χ2n) is 3.83. The molecule has 0 saturated heterocycles. The van der Waals surface area contributed by atoms with Gasteiger partial charge >= 0.3 is 0 Å². The molecule has 17 heavy (non-hydrogen) atoms. The SMILES string of the molecule is CCn1cc(C)nc1COc1ccc(Br)cc1. The molecule has 0 unspecified atom stereocenters. The second kappa shape index (κ2) is 5.36. The summed E-state index contributed by atoms with van der Waals surface area (Å²) in [6, 6.07) is 7.81. The van der Waals surface area contributed by atoms with Crippen LogP contribution in [0.2, 0.25) is 0 Å². The molecule has 0 radical (unpaired) electrons. The standard InChI is InChI=1S/C13H15BrN2O/c1-3-16-8-10(2)15-13(16)9-17-12-6-4-11(14)5-7-12/h4-8H,3,9H2,1-2H3. The van der Waals surface area contributed by atoms with E-state index < -0.39 is 0 Å². The number of hydrogen-bond acceptors (Lipinski definition) is 2. The van der Waals surface area contributed by atoms with Gasteiger partial charge in [-0.3, -0.25) is 0 Å². The summed E-state index contributed by atoms with van der Waals surface area (Å²) in [5.41, 5.74) is 1.03. The Morgan fingerprint density at radius 2 is 2.00 bits per heavy atom. The van der Waals surface area contributed by atoms with Gasteiger partial charge in [-0.1, -0.05) is 15.9 Å². The summed E-state index contributed by atoms with van der Waals surface area (Å²) in [6.07, 6.45) is 2.04. The van der Waals surface area contributed by atoms with Crippen LogP contribution in [0.1, 0.15) is 18.4 Å². The molecule has 0 saturated carbocycles. The van der Waals surface area contributed by atoms with Crippen molar-refractivity contribution in [3.05, 3.63) is 46.5 Å². The predicted molar refractivity (Wildman–Crippen MR) is 71.1 cm³/mol. The van der Waals surface area contributed by atoms with Crippen molar-refractivity contribution in [1.82, 2.24) is 9.55 Å². The molecule has 1 heterocycles. The molecular formula is C13H15BrN2O. The normalized spacial score (nSPS) is 10.5. The molecule has 0 N–H and O–H groups in total. The van der Waals surface area contributed by atoms with E-state index in [0.717, 1.165) is 28.3 Å². The highest BCUT2D eigenvalue weighted by atomic mass is 79.9. The highest BCUT2D eigenvalue weighted by Crippen LogP contribution is 2.17. The zero-order valence-corrected chi connectivity index (χ0v) is 11.6. The molecule has 0 aliphatic heterocycles. The topological polar surface area (TPSA) is 27.1 Å². The Balaban J connectivity index is 2.04. The maximum atomic E-state index is 5.70. The largest absolute Gasteiger partial charge is 0.486 e. The van der Waals surface area contributed by atoms with E-state index in [-0.39, 0.29) is 0 Å². The van der Waals surface area contributed by atoms with E-state index in [1.165, 1.54) is 0 Å². The third-order valence-corrected chi connectivity index (χ3v) is 3.03. The zero-order valence-electron chi connectivity index (χ0n) is 9.98. The smallest absolute Gasteiger partial charge is 0.147 e. The lowest BCUT2D eigenvalue weighted by Crippen LogP contribution is -2.05. The van der Waals surface area contributed by atoms with E-state index in [1.807, 2.05) is 37.4 Å². The number of aryl methyl sites for hydroxylation is 2. The number of aromatic nitrogens is 2. The van der Waals surface area contributed by atoms with Gasteiger partial charge in [-0.15, -0.1) is 0 Å². The van der Waals surface area contributed by atoms with Crippen LogP contribution >= 0.6 is 15.9 Å². The Kier molecular flexibility index (Phi) is 3.84.